The Labute approximate surface area is 104 Å². The Morgan fingerprint density at radius 2 is 2.29 bits per heavy atom. The SMILES string of the molecule is Cc1nc(NC(=O)CN2CCCC2=O)sc1C. The van der Waals surface area contributed by atoms with Crippen molar-refractivity contribution < 1.29 is 9.59 Å². The summed E-state index contributed by atoms with van der Waals surface area (Å²) in [4.78, 5) is 30.0. The Bertz CT molecular complexity index is 436. The lowest BCUT2D eigenvalue weighted by Gasteiger charge is -2.13. The first-order valence-corrected chi connectivity index (χ1v) is 6.39. The van der Waals surface area contributed by atoms with E-state index in [4.69, 9.17) is 0 Å². The van der Waals surface area contributed by atoms with Crippen molar-refractivity contribution in [3.63, 3.8) is 0 Å². The Hall–Kier alpha value is -1.43. The summed E-state index contributed by atoms with van der Waals surface area (Å²) < 4.78 is 0. The number of nitrogens with zero attached hydrogens (tertiary/aromatic N) is 2. The van der Waals surface area contributed by atoms with Crippen molar-refractivity contribution in [2.75, 3.05) is 18.4 Å². The van der Waals surface area contributed by atoms with Gasteiger partial charge in [0.1, 0.15) is 0 Å². The van der Waals surface area contributed by atoms with Gasteiger partial charge in [0.05, 0.1) is 12.2 Å². The highest BCUT2D eigenvalue weighted by molar-refractivity contribution is 7.15. The average molecular weight is 253 g/mol. The molecule has 5 nitrogen and oxygen atoms in total. The van der Waals surface area contributed by atoms with E-state index in [9.17, 15) is 9.59 Å². The van der Waals surface area contributed by atoms with Crippen LogP contribution in [0.5, 0.6) is 0 Å². The molecule has 1 aliphatic rings. The van der Waals surface area contributed by atoms with Gasteiger partial charge in [0.2, 0.25) is 11.8 Å². The molecule has 92 valence electrons. The standard InChI is InChI=1S/C11H15N3O2S/c1-7-8(2)17-11(12-7)13-9(15)6-14-5-3-4-10(14)16/h3-6H2,1-2H3,(H,12,13,15). The minimum atomic E-state index is -0.172. The Kier molecular flexibility index (Phi) is 3.42. The van der Waals surface area contributed by atoms with E-state index in [0.717, 1.165) is 17.0 Å². The fourth-order valence-electron chi connectivity index (χ4n) is 1.73. The van der Waals surface area contributed by atoms with Gasteiger partial charge in [0.15, 0.2) is 5.13 Å². The molecule has 0 aromatic carbocycles. The van der Waals surface area contributed by atoms with Gasteiger partial charge < -0.3 is 10.2 Å². The molecule has 0 spiro atoms. The molecular formula is C11H15N3O2S. The van der Waals surface area contributed by atoms with E-state index in [-0.39, 0.29) is 18.4 Å². The maximum atomic E-state index is 11.7. The lowest BCUT2D eigenvalue weighted by molar-refractivity contribution is -0.131. The number of nitrogens with one attached hydrogen (secondary N) is 1. The Morgan fingerprint density at radius 3 is 2.82 bits per heavy atom. The number of anilines is 1. The third-order valence-electron chi connectivity index (χ3n) is 2.78. The summed E-state index contributed by atoms with van der Waals surface area (Å²) in [6.45, 7) is 4.69. The van der Waals surface area contributed by atoms with Gasteiger partial charge in [-0.2, -0.15) is 0 Å². The number of rotatable bonds is 3. The van der Waals surface area contributed by atoms with Crippen molar-refractivity contribution >= 4 is 28.3 Å². The van der Waals surface area contributed by atoms with Crippen molar-refractivity contribution in [1.29, 1.82) is 0 Å². The Balaban J connectivity index is 1.91. The van der Waals surface area contributed by atoms with Gasteiger partial charge in [-0.3, -0.25) is 9.59 Å². The second-order valence-electron chi connectivity index (χ2n) is 4.13. The topological polar surface area (TPSA) is 62.3 Å². The molecule has 0 atom stereocenters. The van der Waals surface area contributed by atoms with Gasteiger partial charge >= 0.3 is 0 Å². The second-order valence-corrected chi connectivity index (χ2v) is 5.33. The minimum absolute atomic E-state index is 0.0617. The largest absolute Gasteiger partial charge is 0.333 e. The molecule has 6 heteroatoms. The lowest BCUT2D eigenvalue weighted by Crippen LogP contribution is -2.33. The molecule has 2 amide bonds. The first-order valence-electron chi connectivity index (χ1n) is 5.58. The van der Waals surface area contributed by atoms with Crippen LogP contribution in [0.3, 0.4) is 0 Å². The van der Waals surface area contributed by atoms with Crippen molar-refractivity contribution in [3.8, 4) is 0 Å². The summed E-state index contributed by atoms with van der Waals surface area (Å²) in [5.74, 6) is -0.111. The van der Waals surface area contributed by atoms with Gasteiger partial charge in [0, 0.05) is 17.8 Å². The first kappa shape index (κ1) is 12.0. The van der Waals surface area contributed by atoms with Gasteiger partial charge in [-0.1, -0.05) is 0 Å². The quantitative estimate of drug-likeness (QED) is 0.883. The number of aromatic nitrogens is 1. The molecule has 1 aromatic heterocycles. The van der Waals surface area contributed by atoms with E-state index in [1.807, 2.05) is 13.8 Å². The first-order chi connectivity index (χ1) is 8.06. The molecule has 1 fully saturated rings. The van der Waals surface area contributed by atoms with Crippen molar-refractivity contribution in [3.05, 3.63) is 10.6 Å². The van der Waals surface area contributed by atoms with Crippen LogP contribution in [-0.2, 0) is 9.59 Å². The molecule has 1 aliphatic heterocycles. The highest BCUT2D eigenvalue weighted by Crippen LogP contribution is 2.21. The van der Waals surface area contributed by atoms with E-state index < -0.39 is 0 Å². The Morgan fingerprint density at radius 1 is 1.53 bits per heavy atom. The summed E-state index contributed by atoms with van der Waals surface area (Å²) in [5, 5.41) is 3.33. The van der Waals surface area contributed by atoms with E-state index in [1.54, 1.807) is 4.90 Å². The zero-order valence-corrected chi connectivity index (χ0v) is 10.8. The van der Waals surface area contributed by atoms with Gasteiger partial charge in [-0.05, 0) is 20.3 Å². The fraction of sp³-hybridized carbons (Fsp3) is 0.545. The van der Waals surface area contributed by atoms with Crippen LogP contribution in [0.25, 0.3) is 0 Å². The van der Waals surface area contributed by atoms with Gasteiger partial charge in [-0.25, -0.2) is 4.98 Å². The summed E-state index contributed by atoms with van der Waals surface area (Å²) >= 11 is 1.45. The highest BCUT2D eigenvalue weighted by Gasteiger charge is 2.22. The van der Waals surface area contributed by atoms with Crippen molar-refractivity contribution in [1.82, 2.24) is 9.88 Å². The molecule has 2 heterocycles. The number of carbonyl (C=O) groups is 2. The number of amides is 2. The highest BCUT2D eigenvalue weighted by atomic mass is 32.1. The van der Waals surface area contributed by atoms with Crippen LogP contribution in [0.1, 0.15) is 23.4 Å². The smallest absolute Gasteiger partial charge is 0.245 e. The predicted octanol–water partition coefficient (Wildman–Crippen LogP) is 1.32. The second kappa shape index (κ2) is 4.83. The predicted molar refractivity (Wildman–Crippen MR) is 66.0 cm³/mol. The number of likely N-dealkylation sites (tertiary alicyclic amines) is 1. The maximum Gasteiger partial charge on any atom is 0.245 e. The number of aryl methyl sites for hydroxylation is 2. The van der Waals surface area contributed by atoms with Crippen LogP contribution in [0, 0.1) is 13.8 Å². The maximum absolute atomic E-state index is 11.7. The monoisotopic (exact) mass is 253 g/mol. The number of carbonyl (C=O) groups excluding carboxylic acids is 2. The zero-order valence-electron chi connectivity index (χ0n) is 9.95. The van der Waals surface area contributed by atoms with Gasteiger partial charge in [0.25, 0.3) is 0 Å². The van der Waals surface area contributed by atoms with Crippen LogP contribution in [-0.4, -0.2) is 34.8 Å². The van der Waals surface area contributed by atoms with Crippen LogP contribution < -0.4 is 5.32 Å². The number of hydrogen-bond donors (Lipinski definition) is 1. The molecule has 1 N–H and O–H groups in total. The number of hydrogen-bond acceptors (Lipinski definition) is 4. The number of thiazole rings is 1. The van der Waals surface area contributed by atoms with E-state index in [0.29, 0.717) is 18.1 Å². The van der Waals surface area contributed by atoms with Crippen LogP contribution >= 0.6 is 11.3 Å². The van der Waals surface area contributed by atoms with E-state index >= 15 is 0 Å². The summed E-state index contributed by atoms with van der Waals surface area (Å²) in [5.41, 5.74) is 0.933. The molecule has 0 saturated carbocycles. The fourth-order valence-corrected chi connectivity index (χ4v) is 2.56. The molecular weight excluding hydrogens is 238 g/mol. The van der Waals surface area contributed by atoms with Crippen molar-refractivity contribution in [2.24, 2.45) is 0 Å². The third-order valence-corrected chi connectivity index (χ3v) is 3.77. The minimum Gasteiger partial charge on any atom is -0.333 e. The molecule has 0 bridgehead atoms. The lowest BCUT2D eigenvalue weighted by atomic mass is 10.4. The molecule has 0 radical (unpaired) electrons. The third kappa shape index (κ3) is 2.82. The van der Waals surface area contributed by atoms with E-state index in [2.05, 4.69) is 10.3 Å². The molecule has 17 heavy (non-hydrogen) atoms. The summed E-state index contributed by atoms with van der Waals surface area (Å²) in [6.07, 6.45) is 1.41. The van der Waals surface area contributed by atoms with Crippen LogP contribution in [0.2, 0.25) is 0 Å². The molecule has 0 unspecified atom stereocenters. The molecule has 2 rings (SSSR count). The molecule has 1 aromatic rings. The average Bonchev–Trinajstić information content (AvgIpc) is 2.76. The van der Waals surface area contributed by atoms with Crippen molar-refractivity contribution in [2.45, 2.75) is 26.7 Å². The van der Waals surface area contributed by atoms with Crippen LogP contribution in [0.4, 0.5) is 5.13 Å². The normalized spacial score (nSPS) is 15.4. The van der Waals surface area contributed by atoms with E-state index in [1.165, 1.54) is 11.3 Å². The van der Waals surface area contributed by atoms with Crippen LogP contribution in [0.15, 0.2) is 0 Å². The zero-order chi connectivity index (χ0) is 12.4. The molecule has 1 saturated heterocycles. The van der Waals surface area contributed by atoms with Gasteiger partial charge in [-0.15, -0.1) is 11.3 Å². The summed E-state index contributed by atoms with van der Waals surface area (Å²) in [7, 11) is 0. The summed E-state index contributed by atoms with van der Waals surface area (Å²) in [6, 6.07) is 0. The molecule has 0 aliphatic carbocycles.